The van der Waals surface area contributed by atoms with Gasteiger partial charge >= 0.3 is 0 Å². The number of carbonyl (C=O) groups excluding carboxylic acids is 1. The average Bonchev–Trinajstić information content (AvgIpc) is 2.20. The maximum Gasteiger partial charge on any atom is 0.198 e. The predicted octanol–water partition coefficient (Wildman–Crippen LogP) is 3.20. The highest BCUT2D eigenvalue weighted by Crippen LogP contribution is 2.14. The summed E-state index contributed by atoms with van der Waals surface area (Å²) < 4.78 is 0. The van der Waals surface area contributed by atoms with Gasteiger partial charge in [-0.2, -0.15) is 0 Å². The first kappa shape index (κ1) is 11.7. The summed E-state index contributed by atoms with van der Waals surface area (Å²) in [6.07, 6.45) is 0. The lowest BCUT2D eigenvalue weighted by molar-refractivity contribution is -0.108. The molecule has 1 rings (SSSR count). The summed E-state index contributed by atoms with van der Waals surface area (Å²) in [7, 11) is 0. The summed E-state index contributed by atoms with van der Waals surface area (Å²) in [6, 6.07) is 10.2. The third kappa shape index (κ3) is 4.72. The maximum absolute atomic E-state index is 11.2. The SMILES string of the molecule is CCSC(=O)CSCc1ccccc1. The van der Waals surface area contributed by atoms with Crippen LogP contribution in [0.3, 0.4) is 0 Å². The van der Waals surface area contributed by atoms with Gasteiger partial charge in [-0.3, -0.25) is 4.79 Å². The highest BCUT2D eigenvalue weighted by atomic mass is 32.2. The van der Waals surface area contributed by atoms with E-state index in [1.54, 1.807) is 11.8 Å². The lowest BCUT2D eigenvalue weighted by Gasteiger charge is -2.00. The molecule has 0 aliphatic heterocycles. The summed E-state index contributed by atoms with van der Waals surface area (Å²) in [5, 5.41) is 0.286. The van der Waals surface area contributed by atoms with Gasteiger partial charge in [0.25, 0.3) is 0 Å². The van der Waals surface area contributed by atoms with Crippen LogP contribution in [0.1, 0.15) is 12.5 Å². The fraction of sp³-hybridized carbons (Fsp3) is 0.364. The fourth-order valence-electron chi connectivity index (χ4n) is 1.03. The minimum absolute atomic E-state index is 0.286. The molecule has 0 saturated heterocycles. The van der Waals surface area contributed by atoms with Crippen LogP contribution < -0.4 is 0 Å². The highest BCUT2D eigenvalue weighted by Gasteiger charge is 2.00. The van der Waals surface area contributed by atoms with E-state index in [-0.39, 0.29) is 5.12 Å². The van der Waals surface area contributed by atoms with Gasteiger partial charge in [-0.15, -0.1) is 11.8 Å². The lowest BCUT2D eigenvalue weighted by Crippen LogP contribution is -1.96. The van der Waals surface area contributed by atoms with Gasteiger partial charge in [-0.05, 0) is 11.3 Å². The Morgan fingerprint density at radius 1 is 1.29 bits per heavy atom. The van der Waals surface area contributed by atoms with Gasteiger partial charge in [-0.25, -0.2) is 0 Å². The molecular weight excluding hydrogens is 212 g/mol. The van der Waals surface area contributed by atoms with Crippen LogP contribution in [0.15, 0.2) is 30.3 Å². The number of thioether (sulfide) groups is 2. The van der Waals surface area contributed by atoms with Crippen molar-refractivity contribution in [2.75, 3.05) is 11.5 Å². The van der Waals surface area contributed by atoms with E-state index in [0.29, 0.717) is 5.75 Å². The third-order valence-electron chi connectivity index (χ3n) is 1.64. The highest BCUT2D eigenvalue weighted by molar-refractivity contribution is 8.15. The summed E-state index contributed by atoms with van der Waals surface area (Å²) in [5.41, 5.74) is 1.28. The first-order valence-electron chi connectivity index (χ1n) is 4.60. The monoisotopic (exact) mass is 226 g/mol. The largest absolute Gasteiger partial charge is 0.286 e. The second-order valence-electron chi connectivity index (χ2n) is 2.78. The molecule has 0 fully saturated rings. The second kappa shape index (κ2) is 6.96. The van der Waals surface area contributed by atoms with Crippen LogP contribution in [0.5, 0.6) is 0 Å². The Morgan fingerprint density at radius 2 is 2.00 bits per heavy atom. The summed E-state index contributed by atoms with van der Waals surface area (Å²) in [4.78, 5) is 11.2. The zero-order chi connectivity index (χ0) is 10.2. The Labute approximate surface area is 93.7 Å². The van der Waals surface area contributed by atoms with E-state index >= 15 is 0 Å². The van der Waals surface area contributed by atoms with Gasteiger partial charge in [0, 0.05) is 5.75 Å². The lowest BCUT2D eigenvalue weighted by atomic mass is 10.2. The maximum atomic E-state index is 11.2. The molecule has 0 aliphatic rings. The Balaban J connectivity index is 2.19. The van der Waals surface area contributed by atoms with E-state index in [2.05, 4.69) is 12.1 Å². The van der Waals surface area contributed by atoms with E-state index in [4.69, 9.17) is 0 Å². The zero-order valence-electron chi connectivity index (χ0n) is 8.23. The molecule has 3 heteroatoms. The van der Waals surface area contributed by atoms with Crippen molar-refractivity contribution in [3.8, 4) is 0 Å². The van der Waals surface area contributed by atoms with E-state index < -0.39 is 0 Å². The van der Waals surface area contributed by atoms with Crippen LogP contribution in [0.25, 0.3) is 0 Å². The van der Waals surface area contributed by atoms with Crippen molar-refractivity contribution in [1.82, 2.24) is 0 Å². The topological polar surface area (TPSA) is 17.1 Å². The molecule has 0 bridgehead atoms. The molecular formula is C11H14OS2. The fourth-order valence-corrected chi connectivity index (χ4v) is 2.63. The number of rotatable bonds is 5. The van der Waals surface area contributed by atoms with E-state index in [0.717, 1.165) is 11.5 Å². The molecule has 0 heterocycles. The molecule has 1 aromatic rings. The minimum atomic E-state index is 0.286. The summed E-state index contributed by atoms with van der Waals surface area (Å²) in [5.74, 6) is 2.43. The molecule has 0 aliphatic carbocycles. The van der Waals surface area contributed by atoms with Crippen LogP contribution >= 0.6 is 23.5 Å². The molecule has 0 N–H and O–H groups in total. The number of carbonyl (C=O) groups is 1. The minimum Gasteiger partial charge on any atom is -0.286 e. The molecule has 0 amide bonds. The molecule has 0 unspecified atom stereocenters. The Bertz CT molecular complexity index is 272. The molecule has 1 nitrogen and oxygen atoms in total. The number of hydrogen-bond donors (Lipinski definition) is 0. The molecule has 0 radical (unpaired) electrons. The quantitative estimate of drug-likeness (QED) is 0.767. The van der Waals surface area contributed by atoms with Crippen molar-refractivity contribution in [1.29, 1.82) is 0 Å². The first-order valence-corrected chi connectivity index (χ1v) is 6.74. The van der Waals surface area contributed by atoms with Crippen LogP contribution in [0.4, 0.5) is 0 Å². The van der Waals surface area contributed by atoms with Gasteiger partial charge < -0.3 is 0 Å². The number of hydrogen-bond acceptors (Lipinski definition) is 3. The van der Waals surface area contributed by atoms with Crippen molar-refractivity contribution < 1.29 is 4.79 Å². The molecule has 0 aromatic heterocycles. The smallest absolute Gasteiger partial charge is 0.198 e. The van der Waals surface area contributed by atoms with Gasteiger partial charge in [0.1, 0.15) is 0 Å². The third-order valence-corrected chi connectivity index (χ3v) is 3.58. The number of benzene rings is 1. The average molecular weight is 226 g/mol. The van der Waals surface area contributed by atoms with Crippen molar-refractivity contribution in [2.45, 2.75) is 12.7 Å². The molecule has 0 atom stereocenters. The molecule has 0 saturated carbocycles. The van der Waals surface area contributed by atoms with Crippen LogP contribution in [-0.2, 0) is 10.5 Å². The van der Waals surface area contributed by atoms with Crippen molar-refractivity contribution >= 4 is 28.6 Å². The van der Waals surface area contributed by atoms with Crippen LogP contribution in [0.2, 0.25) is 0 Å². The van der Waals surface area contributed by atoms with Crippen molar-refractivity contribution in [2.24, 2.45) is 0 Å². The summed E-state index contributed by atoms with van der Waals surface area (Å²) >= 11 is 3.09. The molecule has 0 spiro atoms. The Morgan fingerprint density at radius 3 is 2.64 bits per heavy atom. The van der Waals surface area contributed by atoms with Crippen molar-refractivity contribution in [3.05, 3.63) is 35.9 Å². The van der Waals surface area contributed by atoms with Crippen LogP contribution in [0, 0.1) is 0 Å². The van der Waals surface area contributed by atoms with E-state index in [1.165, 1.54) is 17.3 Å². The second-order valence-corrected chi connectivity index (χ2v) is 5.09. The predicted molar refractivity (Wildman–Crippen MR) is 65.7 cm³/mol. The summed E-state index contributed by atoms with van der Waals surface area (Å²) in [6.45, 7) is 2.00. The van der Waals surface area contributed by atoms with E-state index in [9.17, 15) is 4.79 Å². The molecule has 1 aromatic carbocycles. The van der Waals surface area contributed by atoms with Gasteiger partial charge in [0.15, 0.2) is 5.12 Å². The van der Waals surface area contributed by atoms with Crippen LogP contribution in [-0.4, -0.2) is 16.6 Å². The van der Waals surface area contributed by atoms with Gasteiger partial charge in [0.2, 0.25) is 0 Å². The Kier molecular flexibility index (Phi) is 5.80. The molecule has 76 valence electrons. The standard InChI is InChI=1S/C11H14OS2/c1-2-14-11(12)9-13-8-10-6-4-3-5-7-10/h3-7H,2,8-9H2,1H3. The normalized spacial score (nSPS) is 10.1. The van der Waals surface area contributed by atoms with Gasteiger partial charge in [-0.1, -0.05) is 49.0 Å². The van der Waals surface area contributed by atoms with E-state index in [1.807, 2.05) is 25.1 Å². The van der Waals surface area contributed by atoms with Gasteiger partial charge in [0.05, 0.1) is 5.75 Å². The molecule has 14 heavy (non-hydrogen) atoms. The zero-order valence-corrected chi connectivity index (χ0v) is 9.87. The van der Waals surface area contributed by atoms with Crippen molar-refractivity contribution in [3.63, 3.8) is 0 Å². The Hall–Kier alpha value is -0.410. The first-order chi connectivity index (χ1) is 6.83.